The number of piperidine rings is 1. The molecule has 1 saturated heterocycles. The van der Waals surface area contributed by atoms with Crippen molar-refractivity contribution in [1.82, 2.24) is 20.2 Å². The summed E-state index contributed by atoms with van der Waals surface area (Å²) in [5.74, 6) is 4.06. The molecule has 2 aliphatic rings. The quantitative estimate of drug-likeness (QED) is 0.913. The van der Waals surface area contributed by atoms with Crippen LogP contribution in [0.4, 0.5) is 5.95 Å². The fraction of sp³-hybridized carbons (Fsp3) is 0.500. The summed E-state index contributed by atoms with van der Waals surface area (Å²) in [5, 5.41) is 7.22. The molecule has 1 N–H and O–H groups in total. The van der Waals surface area contributed by atoms with Gasteiger partial charge in [0.05, 0.1) is 6.20 Å². The Kier molecular flexibility index (Phi) is 2.61. The number of hydrogen-bond acceptors (Lipinski definition) is 5. The number of anilines is 1. The van der Waals surface area contributed by atoms with Gasteiger partial charge in [0.25, 0.3) is 0 Å². The number of aromatic nitrogens is 4. The van der Waals surface area contributed by atoms with Crippen molar-refractivity contribution in [1.29, 1.82) is 0 Å². The van der Waals surface area contributed by atoms with Gasteiger partial charge in [-0.3, -0.25) is 10.1 Å². The molecule has 4 rings (SSSR count). The zero-order valence-electron chi connectivity index (χ0n) is 11.4. The van der Waals surface area contributed by atoms with Crippen LogP contribution in [-0.4, -0.2) is 33.3 Å². The van der Waals surface area contributed by atoms with Crippen LogP contribution in [0.15, 0.2) is 18.3 Å². The average molecular weight is 271 g/mol. The fourth-order valence-electron chi connectivity index (χ4n) is 2.74. The van der Waals surface area contributed by atoms with Gasteiger partial charge >= 0.3 is 0 Å². The lowest BCUT2D eigenvalue weighted by atomic mass is 10.4. The number of nitrogens with zero attached hydrogens (tertiary/aromatic N) is 4. The van der Waals surface area contributed by atoms with Gasteiger partial charge in [0.15, 0.2) is 5.82 Å². The Morgan fingerprint density at radius 1 is 1.35 bits per heavy atom. The van der Waals surface area contributed by atoms with Crippen molar-refractivity contribution in [2.75, 3.05) is 18.0 Å². The topological polar surface area (TPSA) is 66.9 Å². The normalized spacial score (nSPS) is 23.8. The van der Waals surface area contributed by atoms with Gasteiger partial charge in [-0.1, -0.05) is 0 Å². The van der Waals surface area contributed by atoms with Crippen molar-refractivity contribution in [2.24, 2.45) is 11.8 Å². The summed E-state index contributed by atoms with van der Waals surface area (Å²) >= 11 is 0. The monoisotopic (exact) mass is 271 g/mol. The van der Waals surface area contributed by atoms with Gasteiger partial charge in [0.1, 0.15) is 12.4 Å². The highest BCUT2D eigenvalue weighted by atomic mass is 16.5. The van der Waals surface area contributed by atoms with E-state index < -0.39 is 0 Å². The van der Waals surface area contributed by atoms with E-state index >= 15 is 0 Å². The SMILES string of the molecule is Cc1ccc(OCc2nc(N3CC4CC4C3)n[nH]2)cn1. The Bertz CT molecular complexity index is 598. The van der Waals surface area contributed by atoms with E-state index in [1.165, 1.54) is 6.42 Å². The molecule has 0 bridgehead atoms. The predicted octanol–water partition coefficient (Wildman–Crippen LogP) is 1.54. The molecule has 2 atom stereocenters. The van der Waals surface area contributed by atoms with E-state index in [4.69, 9.17) is 4.74 Å². The van der Waals surface area contributed by atoms with Crippen LogP contribution in [0, 0.1) is 18.8 Å². The van der Waals surface area contributed by atoms with E-state index in [1.807, 2.05) is 19.1 Å². The third-order valence-electron chi connectivity index (χ3n) is 4.04. The third kappa shape index (κ3) is 2.21. The van der Waals surface area contributed by atoms with Crippen LogP contribution in [0.1, 0.15) is 17.9 Å². The molecule has 0 radical (unpaired) electrons. The maximum Gasteiger partial charge on any atom is 0.244 e. The Morgan fingerprint density at radius 3 is 2.95 bits per heavy atom. The number of H-pyrrole nitrogens is 1. The number of nitrogens with one attached hydrogen (secondary N) is 1. The molecule has 0 amide bonds. The molecule has 2 unspecified atom stereocenters. The van der Waals surface area contributed by atoms with Gasteiger partial charge in [-0.05, 0) is 37.3 Å². The molecule has 20 heavy (non-hydrogen) atoms. The van der Waals surface area contributed by atoms with Crippen molar-refractivity contribution in [2.45, 2.75) is 20.0 Å². The van der Waals surface area contributed by atoms with Gasteiger partial charge < -0.3 is 9.64 Å². The summed E-state index contributed by atoms with van der Waals surface area (Å²) in [6.07, 6.45) is 3.11. The summed E-state index contributed by atoms with van der Waals surface area (Å²) in [6.45, 7) is 4.54. The van der Waals surface area contributed by atoms with Crippen molar-refractivity contribution in [3.05, 3.63) is 29.8 Å². The first-order chi connectivity index (χ1) is 9.78. The molecule has 104 valence electrons. The van der Waals surface area contributed by atoms with Crippen LogP contribution in [0.2, 0.25) is 0 Å². The summed E-state index contributed by atoms with van der Waals surface area (Å²) in [4.78, 5) is 10.9. The molecule has 0 spiro atoms. The Balaban J connectivity index is 1.37. The standard InChI is InChI=1S/C14H17N5O/c1-9-2-3-12(5-15-9)20-8-13-16-14(18-17-13)19-6-10-4-11(10)7-19/h2-3,5,10-11H,4,6-8H2,1H3,(H,16,17,18). The summed E-state index contributed by atoms with van der Waals surface area (Å²) in [6, 6.07) is 3.84. The zero-order chi connectivity index (χ0) is 13.5. The number of rotatable bonds is 4. The number of ether oxygens (including phenoxy) is 1. The number of fused-ring (bicyclic) bond motifs is 1. The second kappa shape index (κ2) is 4.47. The van der Waals surface area contributed by atoms with E-state index in [0.29, 0.717) is 6.61 Å². The Morgan fingerprint density at radius 2 is 2.20 bits per heavy atom. The molecule has 6 heteroatoms. The molecule has 1 saturated carbocycles. The van der Waals surface area contributed by atoms with Gasteiger partial charge in [-0.15, -0.1) is 5.10 Å². The number of aryl methyl sites for hydroxylation is 1. The van der Waals surface area contributed by atoms with Crippen LogP contribution in [-0.2, 0) is 6.61 Å². The van der Waals surface area contributed by atoms with E-state index in [9.17, 15) is 0 Å². The maximum atomic E-state index is 5.64. The zero-order valence-corrected chi connectivity index (χ0v) is 11.4. The van der Waals surface area contributed by atoms with Crippen molar-refractivity contribution in [3.63, 3.8) is 0 Å². The van der Waals surface area contributed by atoms with Crippen LogP contribution in [0.25, 0.3) is 0 Å². The molecular formula is C14H17N5O. The van der Waals surface area contributed by atoms with E-state index in [0.717, 1.165) is 48.1 Å². The molecule has 6 nitrogen and oxygen atoms in total. The van der Waals surface area contributed by atoms with Gasteiger partial charge in [-0.2, -0.15) is 4.98 Å². The summed E-state index contributed by atoms with van der Waals surface area (Å²) < 4.78 is 5.64. The first-order valence-corrected chi connectivity index (χ1v) is 6.99. The van der Waals surface area contributed by atoms with Gasteiger partial charge in [-0.25, -0.2) is 0 Å². The maximum absolute atomic E-state index is 5.64. The molecule has 2 aromatic heterocycles. The lowest BCUT2D eigenvalue weighted by molar-refractivity contribution is 0.295. The highest BCUT2D eigenvalue weighted by Gasteiger charge is 2.46. The number of hydrogen-bond donors (Lipinski definition) is 1. The average Bonchev–Trinajstić information content (AvgIpc) is 2.91. The second-order valence-corrected chi connectivity index (χ2v) is 5.67. The van der Waals surface area contributed by atoms with Crippen LogP contribution >= 0.6 is 0 Å². The van der Waals surface area contributed by atoms with Crippen LogP contribution in [0.3, 0.4) is 0 Å². The summed E-state index contributed by atoms with van der Waals surface area (Å²) in [7, 11) is 0. The molecule has 2 fully saturated rings. The Labute approximate surface area is 117 Å². The largest absolute Gasteiger partial charge is 0.484 e. The van der Waals surface area contributed by atoms with Crippen LogP contribution in [0.5, 0.6) is 5.75 Å². The molecular weight excluding hydrogens is 254 g/mol. The van der Waals surface area contributed by atoms with Crippen LogP contribution < -0.4 is 9.64 Å². The minimum absolute atomic E-state index is 0.387. The van der Waals surface area contributed by atoms with Crippen molar-refractivity contribution < 1.29 is 4.74 Å². The lowest BCUT2D eigenvalue weighted by Gasteiger charge is -2.14. The minimum Gasteiger partial charge on any atom is -0.484 e. The van der Waals surface area contributed by atoms with E-state index in [2.05, 4.69) is 25.1 Å². The molecule has 0 aromatic carbocycles. The first-order valence-electron chi connectivity index (χ1n) is 6.99. The third-order valence-corrected chi connectivity index (χ3v) is 4.04. The van der Waals surface area contributed by atoms with E-state index in [-0.39, 0.29) is 0 Å². The highest BCUT2D eigenvalue weighted by Crippen LogP contribution is 2.45. The van der Waals surface area contributed by atoms with Gasteiger partial charge in [0, 0.05) is 18.8 Å². The molecule has 1 aliphatic carbocycles. The van der Waals surface area contributed by atoms with Crippen molar-refractivity contribution in [3.8, 4) is 5.75 Å². The smallest absolute Gasteiger partial charge is 0.244 e. The Hall–Kier alpha value is -2.11. The highest BCUT2D eigenvalue weighted by molar-refractivity contribution is 5.33. The minimum atomic E-state index is 0.387. The molecule has 1 aliphatic heterocycles. The second-order valence-electron chi connectivity index (χ2n) is 5.67. The predicted molar refractivity (Wildman–Crippen MR) is 73.5 cm³/mol. The molecule has 2 aromatic rings. The summed E-state index contributed by atoms with van der Waals surface area (Å²) in [5.41, 5.74) is 0.979. The lowest BCUT2D eigenvalue weighted by Crippen LogP contribution is -2.23. The first kappa shape index (κ1) is 11.7. The fourth-order valence-corrected chi connectivity index (χ4v) is 2.74. The van der Waals surface area contributed by atoms with E-state index in [1.54, 1.807) is 6.20 Å². The molecule has 3 heterocycles. The number of pyridine rings is 1. The van der Waals surface area contributed by atoms with Crippen molar-refractivity contribution >= 4 is 5.95 Å². The number of aromatic amines is 1. The van der Waals surface area contributed by atoms with Gasteiger partial charge in [0.2, 0.25) is 5.95 Å².